The van der Waals surface area contributed by atoms with Gasteiger partial charge in [0.05, 0.1) is 0 Å². The molecule has 0 radical (unpaired) electrons. The molecule has 1 aromatic carbocycles. The molecule has 3 aliphatic rings. The molecule has 0 aromatic heterocycles. The van der Waals surface area contributed by atoms with E-state index in [0.29, 0.717) is 79.5 Å². The number of benzene rings is 1. The Kier molecular flexibility index (Phi) is 45.7. The molecule has 12 nitrogen and oxygen atoms in total. The molecule has 20 heteroatoms. The van der Waals surface area contributed by atoms with Crippen LogP contribution in [-0.4, -0.2) is 100 Å². The molecule has 0 N–H and O–H groups in total. The van der Waals surface area contributed by atoms with Gasteiger partial charge in [-0.3, -0.25) is 23.4 Å². The molecule has 1 unspecified atom stereocenters. The largest absolute Gasteiger partial charge is 0.514 e. The van der Waals surface area contributed by atoms with Crippen LogP contribution in [0, 0.1) is 23.2 Å². The number of hydrogen-bond acceptors (Lipinski definition) is 14. The van der Waals surface area contributed by atoms with Crippen molar-refractivity contribution < 1.29 is 78.6 Å². The second-order valence-electron chi connectivity index (χ2n) is 30.5. The Bertz CT molecular complexity index is 2400. The topological polar surface area (TPSA) is 158 Å². The third-order valence-corrected chi connectivity index (χ3v) is 24.9. The summed E-state index contributed by atoms with van der Waals surface area (Å²) in [6, 6.07) is 6.02. The second-order valence-corrected chi connectivity index (χ2v) is 34.9. The molecule has 3 aliphatic carbocycles. The van der Waals surface area contributed by atoms with Crippen LogP contribution in [0.3, 0.4) is 0 Å². The fourth-order valence-corrected chi connectivity index (χ4v) is 18.6. The first-order valence-corrected chi connectivity index (χ1v) is 43.7. The maximum absolute atomic E-state index is 13.6. The Morgan fingerprint density at radius 2 is 1.02 bits per heavy atom. The van der Waals surface area contributed by atoms with Crippen molar-refractivity contribution in [2.75, 3.05) is 36.2 Å². The van der Waals surface area contributed by atoms with Crippen LogP contribution < -0.4 is 4.74 Å². The molecule has 578 valence electrons. The highest BCUT2D eigenvalue weighted by Gasteiger charge is 2.59. The van der Waals surface area contributed by atoms with Gasteiger partial charge in [0.1, 0.15) is 30.7 Å². The number of unbranched alkanes of at least 4 members (excludes halogenated alkanes) is 30. The van der Waals surface area contributed by atoms with E-state index >= 15 is 0 Å². The predicted molar refractivity (Wildman–Crippen MR) is 398 cm³/mol. The van der Waals surface area contributed by atoms with Crippen LogP contribution in [0.2, 0.25) is 0 Å². The summed E-state index contributed by atoms with van der Waals surface area (Å²) in [7, 11) is 1.88. The van der Waals surface area contributed by atoms with Crippen molar-refractivity contribution in [2.24, 2.45) is 23.2 Å². The number of esters is 4. The highest BCUT2D eigenvalue weighted by atomic mass is 33.1. The maximum Gasteiger partial charge on any atom is 0.514 e. The summed E-state index contributed by atoms with van der Waals surface area (Å²) in [6.07, 6.45) is 36.7. The van der Waals surface area contributed by atoms with Crippen molar-refractivity contribution in [3.8, 4) is 5.75 Å². The van der Waals surface area contributed by atoms with Gasteiger partial charge in [0, 0.05) is 71.3 Å². The van der Waals surface area contributed by atoms with Crippen molar-refractivity contribution in [3.05, 3.63) is 29.3 Å². The Hall–Kier alpha value is -3.13. The normalized spacial score (nSPS) is 19.4. The van der Waals surface area contributed by atoms with Crippen LogP contribution in [0.15, 0.2) is 18.2 Å². The van der Waals surface area contributed by atoms with E-state index in [9.17, 15) is 50.1 Å². The average Bonchev–Trinajstić information content (AvgIpc) is 1.42. The zero-order valence-corrected chi connectivity index (χ0v) is 65.1. The summed E-state index contributed by atoms with van der Waals surface area (Å²) in [4.78, 5) is 65.2. The maximum atomic E-state index is 13.6. The lowest BCUT2D eigenvalue weighted by atomic mass is 9.52. The minimum atomic E-state index is -5.59. The molecule has 0 aliphatic heterocycles. The van der Waals surface area contributed by atoms with Crippen LogP contribution in [-0.2, 0) is 60.1 Å². The Labute approximate surface area is 611 Å². The predicted octanol–water partition coefficient (Wildman–Crippen LogP) is 23.7. The van der Waals surface area contributed by atoms with Gasteiger partial charge in [0.25, 0.3) is 0 Å². The number of carbonyl (C=O) groups is 5. The number of hydrogen-bond donors (Lipinski definition) is 0. The van der Waals surface area contributed by atoms with E-state index in [-0.39, 0.29) is 54.8 Å². The monoisotopic (exact) mass is 1480 g/mol. The third kappa shape index (κ3) is 37.7. The molecule has 2 fully saturated rings. The van der Waals surface area contributed by atoms with Gasteiger partial charge < -0.3 is 28.4 Å². The quantitative estimate of drug-likeness (QED) is 0.0151. The first-order valence-electron chi connectivity index (χ1n) is 39.7. The first kappa shape index (κ1) is 89.3. The van der Waals surface area contributed by atoms with Gasteiger partial charge in [-0.05, 0) is 145 Å². The lowest BCUT2D eigenvalue weighted by Crippen LogP contribution is -2.48. The standard InChI is InChI=1S/C80H133F5O12S3/c1-7-9-11-13-15-17-19-21-23-25-29-33-37-44-71(86)92-61-66(62-93-72(87)45-38-34-30-26-24-22-20-18-16-14-12-10-8-2)94-73(88)46-40-55-98-99-56-41-47-74(89)96-70-51-50-69-75-63(43-36-32-28-27-31-35-39-57-100(91)58-42-53-79(81,82)80(83,84)85)59-64-60-65(95-76(90)97-77(3,4)5)48-49-67(64)68(75)52-54-78(69,70)6/h48-49,60,63,66,68-70,75H,7-47,50-59,61-62H2,1-6H3/t63-,68-,69+,70+,75-,78+,100?/m1/s1. The van der Waals surface area contributed by atoms with E-state index in [1.807, 2.05) is 12.1 Å². The molecule has 2 saturated carbocycles. The van der Waals surface area contributed by atoms with Gasteiger partial charge >= 0.3 is 42.1 Å². The molecule has 4 rings (SSSR count). The molecular weight excluding hydrogens is 1340 g/mol. The molecule has 7 atom stereocenters. The van der Waals surface area contributed by atoms with Gasteiger partial charge in [-0.1, -0.05) is 241 Å². The van der Waals surface area contributed by atoms with Gasteiger partial charge in [-0.2, -0.15) is 22.0 Å². The van der Waals surface area contributed by atoms with Crippen molar-refractivity contribution in [2.45, 2.75) is 379 Å². The number of alkyl halides is 5. The highest BCUT2D eigenvalue weighted by molar-refractivity contribution is 8.76. The molecule has 0 saturated heterocycles. The minimum Gasteiger partial charge on any atom is -0.462 e. The number of halogens is 5. The molecule has 0 amide bonds. The average molecular weight is 1480 g/mol. The zero-order chi connectivity index (χ0) is 72.9. The highest BCUT2D eigenvalue weighted by Crippen LogP contribution is 2.63. The summed E-state index contributed by atoms with van der Waals surface area (Å²) >= 11 is 0. The van der Waals surface area contributed by atoms with Crippen LogP contribution in [0.1, 0.15) is 354 Å². The molecular formula is C80H133F5O12S3. The molecule has 1 aromatic rings. The van der Waals surface area contributed by atoms with Crippen molar-refractivity contribution in [1.29, 1.82) is 0 Å². The van der Waals surface area contributed by atoms with Crippen molar-refractivity contribution in [3.63, 3.8) is 0 Å². The zero-order valence-electron chi connectivity index (χ0n) is 62.7. The molecule has 0 heterocycles. The lowest BCUT2D eigenvalue weighted by Gasteiger charge is -2.53. The summed E-state index contributed by atoms with van der Waals surface area (Å²) < 4.78 is 111. The number of ether oxygens (including phenoxy) is 6. The van der Waals surface area contributed by atoms with Crippen LogP contribution in [0.4, 0.5) is 26.7 Å². The summed E-state index contributed by atoms with van der Waals surface area (Å²) in [5, 5.41) is 0. The summed E-state index contributed by atoms with van der Waals surface area (Å²) in [5.74, 6) is -2.55. The number of rotatable bonds is 58. The molecule has 100 heavy (non-hydrogen) atoms. The SMILES string of the molecule is CCCCCCCCCCCCCCCC(=O)OCC(COC(=O)CCCCCCCCCCCCCCC)OC(=O)CCCSSCCCC(=O)O[C@H]1CC[C@H]2[C@@H]3[C@H](CCCCCCCCCS(=O)CCCC(F)(F)C(F)(F)F)Cc4cc(OC(=O)OC(C)(C)C)ccc4[C@H]3CC[C@]12C. The van der Waals surface area contributed by atoms with E-state index in [4.69, 9.17) is 28.4 Å². The number of fused-ring (bicyclic) bond motifs is 5. The minimum absolute atomic E-state index is 0.160. The molecule has 0 bridgehead atoms. The third-order valence-electron chi connectivity index (χ3n) is 20.8. The van der Waals surface area contributed by atoms with E-state index < -0.39 is 59.6 Å². The van der Waals surface area contributed by atoms with E-state index in [2.05, 4.69) is 26.8 Å². The van der Waals surface area contributed by atoms with E-state index in [1.54, 1.807) is 42.4 Å². The molecule has 0 spiro atoms. The van der Waals surface area contributed by atoms with Crippen molar-refractivity contribution in [1.82, 2.24) is 0 Å². The van der Waals surface area contributed by atoms with E-state index in [1.165, 1.54) is 140 Å². The Balaban J connectivity index is 1.18. The number of carbonyl (C=O) groups excluding carboxylic acids is 5. The first-order chi connectivity index (χ1) is 48.0. The van der Waals surface area contributed by atoms with Gasteiger partial charge in [0.2, 0.25) is 0 Å². The van der Waals surface area contributed by atoms with Crippen LogP contribution in [0.5, 0.6) is 5.75 Å². The lowest BCUT2D eigenvalue weighted by molar-refractivity contribution is -0.284. The van der Waals surface area contributed by atoms with E-state index in [0.717, 1.165) is 121 Å². The van der Waals surface area contributed by atoms with Crippen molar-refractivity contribution >= 4 is 62.4 Å². The van der Waals surface area contributed by atoms with Gasteiger partial charge in [0.15, 0.2) is 6.10 Å². The fraction of sp³-hybridized carbons (Fsp3) is 0.863. The second kappa shape index (κ2) is 51.2. The smallest absolute Gasteiger partial charge is 0.462 e. The van der Waals surface area contributed by atoms with Gasteiger partial charge in [-0.25, -0.2) is 4.79 Å². The fourth-order valence-electron chi connectivity index (χ4n) is 15.2. The Morgan fingerprint density at radius 1 is 0.560 bits per heavy atom. The Morgan fingerprint density at radius 3 is 1.52 bits per heavy atom. The van der Waals surface area contributed by atoms with Crippen LogP contribution >= 0.6 is 21.6 Å². The van der Waals surface area contributed by atoms with Crippen LogP contribution in [0.25, 0.3) is 0 Å². The summed E-state index contributed by atoms with van der Waals surface area (Å²) in [6.45, 7) is 11.9. The van der Waals surface area contributed by atoms with Gasteiger partial charge in [-0.15, -0.1) is 0 Å². The summed E-state index contributed by atoms with van der Waals surface area (Å²) in [5.41, 5.74) is 1.64.